The largest absolute Gasteiger partial charge is 0.354 e. The Hall–Kier alpha value is -2.87. The van der Waals surface area contributed by atoms with Crippen LogP contribution in [0.4, 0.5) is 5.69 Å². The van der Waals surface area contributed by atoms with Crippen LogP contribution in [0.2, 0.25) is 0 Å². The molecule has 0 aliphatic carbocycles. The van der Waals surface area contributed by atoms with Gasteiger partial charge in [-0.2, -0.15) is 0 Å². The maximum Gasteiger partial charge on any atom is 0.244 e. The third-order valence-electron chi connectivity index (χ3n) is 5.99. The normalized spacial score (nSPS) is 12.2. The Morgan fingerprint density at radius 2 is 1.68 bits per heavy atom. The summed E-state index contributed by atoms with van der Waals surface area (Å²) in [4.78, 5) is 27.8. The highest BCUT2D eigenvalue weighted by Crippen LogP contribution is 2.25. The Kier molecular flexibility index (Phi) is 9.67. The summed E-state index contributed by atoms with van der Waals surface area (Å²) >= 11 is 0. The fraction of sp³-hybridized carbons (Fsp3) is 0.462. The third-order valence-corrected chi connectivity index (χ3v) is 7.12. The van der Waals surface area contributed by atoms with Crippen LogP contribution < -0.4 is 9.62 Å². The molecule has 2 aromatic carbocycles. The van der Waals surface area contributed by atoms with Crippen molar-refractivity contribution in [2.24, 2.45) is 0 Å². The molecule has 0 aliphatic heterocycles. The topological polar surface area (TPSA) is 86.8 Å². The molecule has 1 unspecified atom stereocenters. The summed E-state index contributed by atoms with van der Waals surface area (Å²) < 4.78 is 26.5. The monoisotopic (exact) mass is 487 g/mol. The van der Waals surface area contributed by atoms with Crippen LogP contribution in [0.1, 0.15) is 48.9 Å². The molecule has 0 heterocycles. The zero-order chi connectivity index (χ0) is 25.5. The number of carbonyl (C=O) groups excluding carboxylic acids is 2. The third kappa shape index (κ3) is 7.32. The molecule has 2 amide bonds. The molecule has 0 aromatic heterocycles. The van der Waals surface area contributed by atoms with Gasteiger partial charge in [-0.1, -0.05) is 55.3 Å². The van der Waals surface area contributed by atoms with Crippen molar-refractivity contribution < 1.29 is 18.0 Å². The number of sulfonamides is 1. The smallest absolute Gasteiger partial charge is 0.244 e. The molecule has 2 rings (SSSR count). The number of hydrogen-bond acceptors (Lipinski definition) is 4. The molecular weight excluding hydrogens is 450 g/mol. The lowest BCUT2D eigenvalue weighted by Crippen LogP contribution is -2.51. The van der Waals surface area contributed by atoms with Crippen molar-refractivity contribution in [1.82, 2.24) is 10.2 Å². The van der Waals surface area contributed by atoms with Gasteiger partial charge in [0.1, 0.15) is 12.6 Å². The lowest BCUT2D eigenvalue weighted by molar-refractivity contribution is -0.139. The van der Waals surface area contributed by atoms with Crippen molar-refractivity contribution in [2.45, 2.75) is 60.0 Å². The summed E-state index contributed by atoms with van der Waals surface area (Å²) in [5.74, 6) is -0.698. The van der Waals surface area contributed by atoms with E-state index in [-0.39, 0.29) is 19.0 Å². The molecule has 0 aliphatic rings. The minimum atomic E-state index is -3.74. The molecule has 0 bridgehead atoms. The Morgan fingerprint density at radius 1 is 1.03 bits per heavy atom. The van der Waals surface area contributed by atoms with Gasteiger partial charge in [0.25, 0.3) is 0 Å². The first-order valence-corrected chi connectivity index (χ1v) is 13.5. The highest BCUT2D eigenvalue weighted by molar-refractivity contribution is 7.92. The van der Waals surface area contributed by atoms with Gasteiger partial charge in [-0.3, -0.25) is 13.9 Å². The van der Waals surface area contributed by atoms with Crippen LogP contribution in [0.3, 0.4) is 0 Å². The summed E-state index contributed by atoms with van der Waals surface area (Å²) in [6, 6.07) is 12.3. The van der Waals surface area contributed by atoms with E-state index >= 15 is 0 Å². The second-order valence-corrected chi connectivity index (χ2v) is 10.7. The minimum absolute atomic E-state index is 0.200. The molecule has 0 fully saturated rings. The zero-order valence-corrected chi connectivity index (χ0v) is 21.9. The summed E-state index contributed by atoms with van der Waals surface area (Å²) in [5.41, 5.74) is 4.14. The fourth-order valence-electron chi connectivity index (χ4n) is 3.61. The van der Waals surface area contributed by atoms with Gasteiger partial charge in [-0.15, -0.1) is 0 Å². The van der Waals surface area contributed by atoms with E-state index in [2.05, 4.69) is 5.32 Å². The summed E-state index contributed by atoms with van der Waals surface area (Å²) in [7, 11) is -3.74. The van der Waals surface area contributed by atoms with E-state index in [1.165, 1.54) is 4.90 Å². The first-order valence-electron chi connectivity index (χ1n) is 11.6. The van der Waals surface area contributed by atoms with Gasteiger partial charge in [0.2, 0.25) is 21.8 Å². The summed E-state index contributed by atoms with van der Waals surface area (Å²) in [5, 5.41) is 2.88. The van der Waals surface area contributed by atoms with Crippen LogP contribution in [-0.2, 0) is 26.2 Å². The van der Waals surface area contributed by atoms with Gasteiger partial charge < -0.3 is 10.2 Å². The summed E-state index contributed by atoms with van der Waals surface area (Å²) in [6.45, 7) is 9.77. The Morgan fingerprint density at radius 3 is 2.26 bits per heavy atom. The van der Waals surface area contributed by atoms with Gasteiger partial charge in [-0.05, 0) is 56.9 Å². The number of benzene rings is 2. The van der Waals surface area contributed by atoms with Gasteiger partial charge in [0, 0.05) is 13.1 Å². The number of anilines is 1. The molecule has 2 aromatic rings. The lowest BCUT2D eigenvalue weighted by atomic mass is 10.1. The van der Waals surface area contributed by atoms with Gasteiger partial charge in [0.15, 0.2) is 0 Å². The van der Waals surface area contributed by atoms with Gasteiger partial charge >= 0.3 is 0 Å². The maximum absolute atomic E-state index is 13.6. The second kappa shape index (κ2) is 12.0. The van der Waals surface area contributed by atoms with Crippen LogP contribution >= 0.6 is 0 Å². The highest BCUT2D eigenvalue weighted by Gasteiger charge is 2.30. The molecule has 0 saturated heterocycles. The average molecular weight is 488 g/mol. The molecule has 186 valence electrons. The average Bonchev–Trinajstić information content (AvgIpc) is 2.78. The number of nitrogens with zero attached hydrogens (tertiary/aromatic N) is 2. The maximum atomic E-state index is 13.6. The van der Waals surface area contributed by atoms with E-state index in [4.69, 9.17) is 0 Å². The fourth-order valence-corrected chi connectivity index (χ4v) is 4.51. The highest BCUT2D eigenvalue weighted by atomic mass is 32.2. The van der Waals surface area contributed by atoms with Crippen molar-refractivity contribution in [3.05, 3.63) is 64.7 Å². The molecule has 8 heteroatoms. The SMILES string of the molecule is CCCCNC(=O)C(C)N(Cc1ccc(C)cc1)C(=O)CN(c1cccc(C)c1C)S(C)(=O)=O. The standard InChI is InChI=1S/C26H37N3O4S/c1-7-8-16-27-26(31)22(5)28(17-23-14-12-19(2)13-15-23)25(30)18-29(34(6,32)33)24-11-9-10-20(3)21(24)4/h9-15,22H,7-8,16-18H2,1-6H3,(H,27,31). The van der Waals surface area contributed by atoms with E-state index < -0.39 is 22.0 Å². The Labute approximate surface area is 204 Å². The molecule has 0 radical (unpaired) electrons. The number of amides is 2. The lowest BCUT2D eigenvalue weighted by Gasteiger charge is -2.32. The number of unbranched alkanes of at least 4 members (excludes halogenated alkanes) is 1. The molecule has 1 N–H and O–H groups in total. The van der Waals surface area contributed by atoms with Crippen molar-refractivity contribution in [2.75, 3.05) is 23.7 Å². The molecule has 34 heavy (non-hydrogen) atoms. The first kappa shape index (κ1) is 27.4. The molecule has 7 nitrogen and oxygen atoms in total. The molecule has 0 spiro atoms. The predicted molar refractivity (Wildman–Crippen MR) is 137 cm³/mol. The van der Waals surface area contributed by atoms with Crippen molar-refractivity contribution in [1.29, 1.82) is 0 Å². The summed E-state index contributed by atoms with van der Waals surface area (Å²) in [6.07, 6.45) is 2.88. The number of aryl methyl sites for hydroxylation is 2. The van der Waals surface area contributed by atoms with Crippen LogP contribution in [0.15, 0.2) is 42.5 Å². The van der Waals surface area contributed by atoms with E-state index in [1.807, 2.05) is 58.0 Å². The minimum Gasteiger partial charge on any atom is -0.354 e. The van der Waals surface area contributed by atoms with Crippen molar-refractivity contribution in [3.63, 3.8) is 0 Å². The number of nitrogens with one attached hydrogen (secondary N) is 1. The van der Waals surface area contributed by atoms with Crippen LogP contribution in [-0.4, -0.2) is 50.5 Å². The van der Waals surface area contributed by atoms with Crippen LogP contribution in [0.25, 0.3) is 0 Å². The Balaban J connectivity index is 2.38. The van der Waals surface area contributed by atoms with Crippen molar-refractivity contribution >= 4 is 27.5 Å². The quantitative estimate of drug-likeness (QED) is 0.490. The van der Waals surface area contributed by atoms with Crippen LogP contribution in [0, 0.1) is 20.8 Å². The number of rotatable bonds is 11. The van der Waals surface area contributed by atoms with Gasteiger partial charge in [0.05, 0.1) is 11.9 Å². The van der Waals surface area contributed by atoms with E-state index in [1.54, 1.807) is 19.1 Å². The number of hydrogen-bond donors (Lipinski definition) is 1. The molecule has 0 saturated carbocycles. The molecular formula is C26H37N3O4S. The predicted octanol–water partition coefficient (Wildman–Crippen LogP) is 3.71. The van der Waals surface area contributed by atoms with Crippen LogP contribution in [0.5, 0.6) is 0 Å². The van der Waals surface area contributed by atoms with E-state index in [9.17, 15) is 18.0 Å². The van der Waals surface area contributed by atoms with Crippen molar-refractivity contribution in [3.8, 4) is 0 Å². The number of carbonyl (C=O) groups is 2. The zero-order valence-electron chi connectivity index (χ0n) is 21.1. The van der Waals surface area contributed by atoms with E-state index in [0.29, 0.717) is 12.2 Å². The first-order chi connectivity index (χ1) is 16.0. The Bertz CT molecular complexity index is 1100. The van der Waals surface area contributed by atoms with E-state index in [0.717, 1.165) is 45.7 Å². The second-order valence-electron chi connectivity index (χ2n) is 8.82. The van der Waals surface area contributed by atoms with Gasteiger partial charge in [-0.25, -0.2) is 8.42 Å². The molecule has 1 atom stereocenters.